The summed E-state index contributed by atoms with van der Waals surface area (Å²) in [7, 11) is 0. The summed E-state index contributed by atoms with van der Waals surface area (Å²) in [4.78, 5) is 41.0. The number of amides is 4. The van der Waals surface area contributed by atoms with Crippen LogP contribution in [0.15, 0.2) is 24.3 Å². The van der Waals surface area contributed by atoms with E-state index in [2.05, 4.69) is 43.3 Å². The lowest BCUT2D eigenvalue weighted by Gasteiger charge is -2.08. The molecule has 0 saturated carbocycles. The second-order valence-corrected chi connectivity index (χ2v) is 4.10. The number of urea groups is 2. The Morgan fingerprint density at radius 1 is 0.810 bits per heavy atom. The minimum absolute atomic E-state index is 0.214. The molecule has 21 heavy (non-hydrogen) atoms. The van der Waals surface area contributed by atoms with Gasteiger partial charge in [0.2, 0.25) is 0 Å². The summed E-state index contributed by atoms with van der Waals surface area (Å²) in [5, 5.41) is 6.44. The number of nitrogens with one attached hydrogen (secondary N) is 3. The molecule has 0 atom stereocenters. The maximum atomic E-state index is 11.2. The van der Waals surface area contributed by atoms with E-state index in [1.165, 1.54) is 0 Å². The van der Waals surface area contributed by atoms with E-state index in [1.54, 1.807) is 13.8 Å². The summed E-state index contributed by atoms with van der Waals surface area (Å²) in [6.07, 6.45) is 0. The zero-order valence-electron chi connectivity index (χ0n) is 12.2. The van der Waals surface area contributed by atoms with Gasteiger partial charge in [0.15, 0.2) is 13.5 Å². The van der Waals surface area contributed by atoms with E-state index < -0.39 is 12.1 Å². The maximum absolute atomic E-state index is 11.2. The molecule has 9 heteroatoms. The lowest BCUT2D eigenvalue weighted by atomic mass is 10.4. The van der Waals surface area contributed by atoms with Gasteiger partial charge in [-0.2, -0.15) is 0 Å². The van der Waals surface area contributed by atoms with Gasteiger partial charge in [-0.05, 0) is 13.8 Å². The van der Waals surface area contributed by atoms with E-state index >= 15 is 0 Å². The molecule has 0 aromatic carbocycles. The molecule has 0 fully saturated rings. The van der Waals surface area contributed by atoms with Crippen molar-refractivity contribution in [1.29, 1.82) is 0 Å². The summed E-state index contributed by atoms with van der Waals surface area (Å²) < 4.78 is 0. The topological polar surface area (TPSA) is 107 Å². The van der Waals surface area contributed by atoms with Gasteiger partial charge in [0.25, 0.3) is 0 Å². The third kappa shape index (κ3) is 14.3. The average Bonchev–Trinajstić information content (AvgIpc) is 2.37. The van der Waals surface area contributed by atoms with Crippen molar-refractivity contribution >= 4 is 12.1 Å². The van der Waals surface area contributed by atoms with Crippen LogP contribution in [-0.2, 0) is 19.6 Å². The van der Waals surface area contributed by atoms with Gasteiger partial charge in [-0.25, -0.2) is 29.1 Å². The largest absolute Gasteiger partial charge is 0.324 e. The zero-order chi connectivity index (χ0) is 16.1. The van der Waals surface area contributed by atoms with Crippen LogP contribution in [-0.4, -0.2) is 38.7 Å². The second kappa shape index (κ2) is 11.9. The predicted octanol–water partition coefficient (Wildman–Crippen LogP) is 0.959. The predicted molar refractivity (Wildman–Crippen MR) is 73.6 cm³/mol. The van der Waals surface area contributed by atoms with Crippen LogP contribution in [0.25, 0.3) is 0 Å². The number of imide groups is 1. The lowest BCUT2D eigenvalue weighted by Crippen LogP contribution is -2.45. The summed E-state index contributed by atoms with van der Waals surface area (Å²) in [6, 6.07) is -1.51. The molecule has 0 radical (unpaired) electrons. The van der Waals surface area contributed by atoms with Gasteiger partial charge in [-0.1, -0.05) is 24.3 Å². The molecule has 0 aromatic heterocycles. The van der Waals surface area contributed by atoms with Crippen molar-refractivity contribution in [2.45, 2.75) is 13.8 Å². The van der Waals surface area contributed by atoms with Crippen molar-refractivity contribution in [1.82, 2.24) is 16.0 Å². The Hall–Kier alpha value is -1.94. The molecule has 0 spiro atoms. The minimum Gasteiger partial charge on any atom is -0.312 e. The van der Waals surface area contributed by atoms with E-state index in [0.29, 0.717) is 0 Å². The van der Waals surface area contributed by atoms with Crippen molar-refractivity contribution in [2.24, 2.45) is 0 Å². The lowest BCUT2D eigenvalue weighted by molar-refractivity contribution is -0.290. The highest BCUT2D eigenvalue weighted by molar-refractivity contribution is 5.93. The van der Waals surface area contributed by atoms with Crippen LogP contribution in [0.5, 0.6) is 0 Å². The molecule has 0 rings (SSSR count). The first kappa shape index (κ1) is 19.1. The van der Waals surface area contributed by atoms with Crippen LogP contribution in [0.2, 0.25) is 0 Å². The standard InChI is InChI=1S/C12H21N3O6/c1-9(2)5-18-20-7-13-11(16)15-12(17)14-8-21-19-6-10(3)4/h1,3,5-8H2,2,4H3,(H3,13,14,15,16,17). The summed E-state index contributed by atoms with van der Waals surface area (Å²) >= 11 is 0. The van der Waals surface area contributed by atoms with Crippen LogP contribution in [0.4, 0.5) is 9.59 Å². The first-order valence-corrected chi connectivity index (χ1v) is 6.02. The molecule has 0 aromatic rings. The van der Waals surface area contributed by atoms with Crippen molar-refractivity contribution < 1.29 is 29.1 Å². The molecular formula is C12H21N3O6. The fourth-order valence-corrected chi connectivity index (χ4v) is 0.749. The van der Waals surface area contributed by atoms with Gasteiger partial charge in [0.05, 0.1) is 0 Å². The number of carbonyl (C=O) groups excluding carboxylic acids is 2. The van der Waals surface area contributed by atoms with Crippen molar-refractivity contribution in [3.63, 3.8) is 0 Å². The Bertz CT molecular complexity index is 338. The molecule has 4 amide bonds. The van der Waals surface area contributed by atoms with Gasteiger partial charge >= 0.3 is 12.1 Å². The van der Waals surface area contributed by atoms with Crippen molar-refractivity contribution in [3.05, 3.63) is 24.3 Å². The monoisotopic (exact) mass is 303 g/mol. The van der Waals surface area contributed by atoms with E-state index in [-0.39, 0.29) is 26.7 Å². The van der Waals surface area contributed by atoms with Crippen LogP contribution in [0.3, 0.4) is 0 Å². The van der Waals surface area contributed by atoms with Crippen LogP contribution < -0.4 is 16.0 Å². The summed E-state index contributed by atoms with van der Waals surface area (Å²) in [6.45, 7) is 10.7. The summed E-state index contributed by atoms with van der Waals surface area (Å²) in [5.74, 6) is 0. The van der Waals surface area contributed by atoms with Crippen molar-refractivity contribution in [2.75, 3.05) is 26.7 Å². The number of hydrogen-bond donors (Lipinski definition) is 3. The maximum Gasteiger partial charge on any atom is 0.324 e. The molecule has 0 unspecified atom stereocenters. The average molecular weight is 303 g/mol. The van der Waals surface area contributed by atoms with Gasteiger partial charge < -0.3 is 10.6 Å². The molecule has 9 nitrogen and oxygen atoms in total. The van der Waals surface area contributed by atoms with Crippen molar-refractivity contribution in [3.8, 4) is 0 Å². The molecule has 120 valence electrons. The number of carbonyl (C=O) groups is 2. The fourth-order valence-electron chi connectivity index (χ4n) is 0.749. The first-order valence-electron chi connectivity index (χ1n) is 6.02. The molecule has 0 saturated heterocycles. The molecule has 0 heterocycles. The van der Waals surface area contributed by atoms with Crippen LogP contribution in [0, 0.1) is 0 Å². The second-order valence-electron chi connectivity index (χ2n) is 4.10. The Balaban J connectivity index is 3.50. The van der Waals surface area contributed by atoms with Crippen LogP contribution in [0.1, 0.15) is 13.8 Å². The third-order valence-corrected chi connectivity index (χ3v) is 1.59. The first-order chi connectivity index (χ1) is 9.91. The molecule has 0 bridgehead atoms. The molecule has 0 aliphatic carbocycles. The quantitative estimate of drug-likeness (QED) is 0.182. The Morgan fingerprint density at radius 3 is 1.52 bits per heavy atom. The molecule has 3 N–H and O–H groups in total. The Kier molecular flexibility index (Phi) is 10.8. The number of hydrogen-bond acceptors (Lipinski definition) is 6. The van der Waals surface area contributed by atoms with E-state index in [0.717, 1.165) is 11.1 Å². The summed E-state index contributed by atoms with van der Waals surface area (Å²) in [5.41, 5.74) is 1.54. The van der Waals surface area contributed by atoms with E-state index in [4.69, 9.17) is 0 Å². The Labute approximate surface area is 123 Å². The fraction of sp³-hybridized carbons (Fsp3) is 0.500. The van der Waals surface area contributed by atoms with Gasteiger partial charge in [0.1, 0.15) is 13.2 Å². The van der Waals surface area contributed by atoms with Gasteiger partial charge in [-0.3, -0.25) is 5.32 Å². The third-order valence-electron chi connectivity index (χ3n) is 1.59. The highest BCUT2D eigenvalue weighted by Gasteiger charge is 2.06. The zero-order valence-corrected chi connectivity index (χ0v) is 12.2. The molecule has 0 aliphatic rings. The van der Waals surface area contributed by atoms with Crippen LogP contribution >= 0.6 is 0 Å². The highest BCUT2D eigenvalue weighted by atomic mass is 17.2. The SMILES string of the molecule is C=C(C)COOCNC(=O)NC(=O)NCOOCC(=C)C. The molecule has 0 aliphatic heterocycles. The number of rotatable bonds is 10. The van der Waals surface area contributed by atoms with Gasteiger partial charge in [0, 0.05) is 0 Å². The highest BCUT2D eigenvalue weighted by Crippen LogP contribution is 1.88. The van der Waals surface area contributed by atoms with E-state index in [9.17, 15) is 9.59 Å². The van der Waals surface area contributed by atoms with Gasteiger partial charge in [-0.15, -0.1) is 0 Å². The minimum atomic E-state index is -0.755. The Morgan fingerprint density at radius 2 is 1.19 bits per heavy atom. The smallest absolute Gasteiger partial charge is 0.312 e. The molecular weight excluding hydrogens is 282 g/mol. The normalized spacial score (nSPS) is 9.81. The van der Waals surface area contributed by atoms with E-state index in [1.807, 2.05) is 5.32 Å².